The summed E-state index contributed by atoms with van der Waals surface area (Å²) in [5, 5.41) is 0. The molecule has 1 aliphatic rings. The van der Waals surface area contributed by atoms with Gasteiger partial charge in [-0.15, -0.1) is 0 Å². The standard InChI is InChI=1S/C17H23FO2/c1-3-20-17(13-7-5-4-6-8-13)16(19)15-10-9-14(18)11-12(15)2/h9-11,13,17H,3-8H2,1-2H3. The zero-order chi connectivity index (χ0) is 14.5. The van der Waals surface area contributed by atoms with Crippen molar-refractivity contribution in [3.05, 3.63) is 35.1 Å². The first-order valence-corrected chi connectivity index (χ1v) is 7.55. The van der Waals surface area contributed by atoms with Crippen LogP contribution in [0.15, 0.2) is 18.2 Å². The van der Waals surface area contributed by atoms with Crippen LogP contribution in [-0.2, 0) is 4.74 Å². The van der Waals surface area contributed by atoms with E-state index in [1.807, 2.05) is 6.92 Å². The van der Waals surface area contributed by atoms with Crippen LogP contribution in [0.1, 0.15) is 54.9 Å². The van der Waals surface area contributed by atoms with E-state index in [0.29, 0.717) is 23.7 Å². The molecule has 0 aliphatic heterocycles. The number of ether oxygens (including phenoxy) is 1. The van der Waals surface area contributed by atoms with Gasteiger partial charge in [-0.3, -0.25) is 4.79 Å². The summed E-state index contributed by atoms with van der Waals surface area (Å²) >= 11 is 0. The summed E-state index contributed by atoms with van der Waals surface area (Å²) < 4.78 is 18.9. The number of Topliss-reactive ketones (excluding diaryl/α,β-unsaturated/α-hetero) is 1. The molecule has 0 spiro atoms. The zero-order valence-corrected chi connectivity index (χ0v) is 12.3. The Balaban J connectivity index is 2.21. The number of carbonyl (C=O) groups excluding carboxylic acids is 1. The normalized spacial score (nSPS) is 17.9. The fourth-order valence-corrected chi connectivity index (χ4v) is 3.10. The summed E-state index contributed by atoms with van der Waals surface area (Å²) in [5.74, 6) is 0.0154. The Morgan fingerprint density at radius 3 is 2.65 bits per heavy atom. The molecule has 1 fully saturated rings. The van der Waals surface area contributed by atoms with Crippen molar-refractivity contribution >= 4 is 5.78 Å². The van der Waals surface area contributed by atoms with Crippen molar-refractivity contribution in [3.63, 3.8) is 0 Å². The lowest BCUT2D eigenvalue weighted by molar-refractivity contribution is 0.0126. The fraction of sp³-hybridized carbons (Fsp3) is 0.588. The molecule has 1 aromatic rings. The maximum atomic E-state index is 13.2. The first-order valence-electron chi connectivity index (χ1n) is 7.55. The lowest BCUT2D eigenvalue weighted by atomic mass is 9.82. The Kier molecular flexibility index (Phi) is 5.30. The van der Waals surface area contributed by atoms with E-state index in [9.17, 15) is 9.18 Å². The average Bonchev–Trinajstić information content (AvgIpc) is 2.45. The van der Waals surface area contributed by atoms with Crippen LogP contribution in [0.2, 0.25) is 0 Å². The number of halogens is 1. The molecule has 2 nitrogen and oxygen atoms in total. The van der Waals surface area contributed by atoms with Crippen LogP contribution in [0.3, 0.4) is 0 Å². The molecule has 1 saturated carbocycles. The SMILES string of the molecule is CCOC(C(=O)c1ccc(F)cc1C)C1CCCCC1. The Labute approximate surface area is 120 Å². The monoisotopic (exact) mass is 278 g/mol. The van der Waals surface area contributed by atoms with Crippen LogP contribution in [0.5, 0.6) is 0 Å². The summed E-state index contributed by atoms with van der Waals surface area (Å²) in [6, 6.07) is 4.35. The van der Waals surface area contributed by atoms with Crippen molar-refractivity contribution in [2.75, 3.05) is 6.61 Å². The molecule has 1 aliphatic carbocycles. The minimum atomic E-state index is -0.371. The smallest absolute Gasteiger partial charge is 0.192 e. The van der Waals surface area contributed by atoms with Gasteiger partial charge in [0.05, 0.1) is 0 Å². The van der Waals surface area contributed by atoms with E-state index in [0.717, 1.165) is 12.8 Å². The van der Waals surface area contributed by atoms with Crippen LogP contribution in [0.25, 0.3) is 0 Å². The second-order valence-electron chi connectivity index (χ2n) is 5.60. The van der Waals surface area contributed by atoms with E-state index in [2.05, 4.69) is 0 Å². The molecular formula is C17H23FO2. The first-order chi connectivity index (χ1) is 9.63. The van der Waals surface area contributed by atoms with Gasteiger partial charge in [-0.2, -0.15) is 0 Å². The van der Waals surface area contributed by atoms with Gasteiger partial charge in [0.15, 0.2) is 5.78 Å². The molecule has 1 aromatic carbocycles. The van der Waals surface area contributed by atoms with Crippen molar-refractivity contribution in [3.8, 4) is 0 Å². The molecule has 20 heavy (non-hydrogen) atoms. The highest BCUT2D eigenvalue weighted by Gasteiger charge is 2.31. The third kappa shape index (κ3) is 3.45. The van der Waals surface area contributed by atoms with E-state index < -0.39 is 0 Å². The Hall–Kier alpha value is -1.22. The molecule has 1 unspecified atom stereocenters. The molecule has 110 valence electrons. The quantitative estimate of drug-likeness (QED) is 0.750. The summed E-state index contributed by atoms with van der Waals surface area (Å²) in [6.45, 7) is 4.23. The van der Waals surface area contributed by atoms with Crippen LogP contribution >= 0.6 is 0 Å². The van der Waals surface area contributed by atoms with Crippen molar-refractivity contribution in [1.82, 2.24) is 0 Å². The van der Waals surface area contributed by atoms with Crippen molar-refractivity contribution < 1.29 is 13.9 Å². The number of rotatable bonds is 5. The summed E-state index contributed by atoms with van der Waals surface area (Å²) in [6.07, 6.45) is 5.32. The van der Waals surface area contributed by atoms with E-state index >= 15 is 0 Å². The Morgan fingerprint density at radius 2 is 2.05 bits per heavy atom. The highest BCUT2D eigenvalue weighted by atomic mass is 19.1. The highest BCUT2D eigenvalue weighted by molar-refractivity contribution is 6.00. The molecular weight excluding hydrogens is 255 g/mol. The van der Waals surface area contributed by atoms with Crippen LogP contribution in [0, 0.1) is 18.7 Å². The first kappa shape index (κ1) is 15.2. The number of aryl methyl sites for hydroxylation is 1. The van der Waals surface area contributed by atoms with Gasteiger partial charge >= 0.3 is 0 Å². The predicted octanol–water partition coefficient (Wildman–Crippen LogP) is 4.30. The molecule has 0 radical (unpaired) electrons. The van der Waals surface area contributed by atoms with E-state index in [-0.39, 0.29) is 17.7 Å². The maximum absolute atomic E-state index is 13.2. The number of ketones is 1. The number of hydrogen-bond acceptors (Lipinski definition) is 2. The van der Waals surface area contributed by atoms with Crippen molar-refractivity contribution in [1.29, 1.82) is 0 Å². The van der Waals surface area contributed by atoms with Gasteiger partial charge in [0.1, 0.15) is 11.9 Å². The lowest BCUT2D eigenvalue weighted by Gasteiger charge is -2.29. The van der Waals surface area contributed by atoms with E-state index in [1.165, 1.54) is 31.4 Å². The highest BCUT2D eigenvalue weighted by Crippen LogP contribution is 2.30. The number of hydrogen-bond donors (Lipinski definition) is 0. The molecule has 0 bridgehead atoms. The van der Waals surface area contributed by atoms with Gasteiger partial charge in [-0.1, -0.05) is 19.3 Å². The second-order valence-corrected chi connectivity index (χ2v) is 5.60. The Morgan fingerprint density at radius 1 is 1.35 bits per heavy atom. The van der Waals surface area contributed by atoms with Gasteiger partial charge in [0.2, 0.25) is 0 Å². The molecule has 0 heterocycles. The molecule has 3 heteroatoms. The number of benzene rings is 1. The van der Waals surface area contributed by atoms with Gasteiger partial charge in [0.25, 0.3) is 0 Å². The Bertz CT molecular complexity index is 464. The van der Waals surface area contributed by atoms with Crippen LogP contribution in [0.4, 0.5) is 4.39 Å². The third-order valence-electron chi connectivity index (χ3n) is 4.14. The zero-order valence-electron chi connectivity index (χ0n) is 12.3. The maximum Gasteiger partial charge on any atom is 0.192 e. The molecule has 0 saturated heterocycles. The lowest BCUT2D eigenvalue weighted by Crippen LogP contribution is -2.34. The summed E-state index contributed by atoms with van der Waals surface area (Å²) in [5.41, 5.74) is 1.28. The summed E-state index contributed by atoms with van der Waals surface area (Å²) in [4.78, 5) is 12.7. The van der Waals surface area contributed by atoms with Crippen LogP contribution < -0.4 is 0 Å². The predicted molar refractivity (Wildman–Crippen MR) is 77.5 cm³/mol. The van der Waals surface area contributed by atoms with E-state index in [1.54, 1.807) is 13.0 Å². The fourth-order valence-electron chi connectivity index (χ4n) is 3.10. The number of carbonyl (C=O) groups is 1. The third-order valence-corrected chi connectivity index (χ3v) is 4.14. The molecule has 2 rings (SSSR count). The van der Waals surface area contributed by atoms with Gasteiger partial charge in [-0.25, -0.2) is 4.39 Å². The minimum Gasteiger partial charge on any atom is -0.370 e. The average molecular weight is 278 g/mol. The minimum absolute atomic E-state index is 0.0104. The molecule has 0 N–H and O–H groups in total. The van der Waals surface area contributed by atoms with Gasteiger partial charge in [-0.05, 0) is 56.4 Å². The van der Waals surface area contributed by atoms with Crippen molar-refractivity contribution in [2.45, 2.75) is 52.1 Å². The molecule has 1 atom stereocenters. The van der Waals surface area contributed by atoms with Gasteiger partial charge in [0, 0.05) is 12.2 Å². The molecule has 0 aromatic heterocycles. The van der Waals surface area contributed by atoms with Gasteiger partial charge < -0.3 is 4.74 Å². The largest absolute Gasteiger partial charge is 0.370 e. The van der Waals surface area contributed by atoms with Crippen LogP contribution in [-0.4, -0.2) is 18.5 Å². The van der Waals surface area contributed by atoms with Crippen molar-refractivity contribution in [2.24, 2.45) is 5.92 Å². The van der Waals surface area contributed by atoms with E-state index in [4.69, 9.17) is 4.74 Å². The molecule has 0 amide bonds. The topological polar surface area (TPSA) is 26.3 Å². The second kappa shape index (κ2) is 6.98. The summed E-state index contributed by atoms with van der Waals surface area (Å²) in [7, 11) is 0.